The second-order valence-electron chi connectivity index (χ2n) is 6.50. The summed E-state index contributed by atoms with van der Waals surface area (Å²) < 4.78 is 0. The Kier molecular flexibility index (Phi) is 11.1. The Morgan fingerprint density at radius 1 is 0.893 bits per heavy atom. The van der Waals surface area contributed by atoms with Gasteiger partial charge in [0.05, 0.1) is 0 Å². The molecule has 2 radical (unpaired) electrons. The van der Waals surface area contributed by atoms with E-state index in [0.717, 1.165) is 6.42 Å². The van der Waals surface area contributed by atoms with Crippen LogP contribution in [0.3, 0.4) is 0 Å². The summed E-state index contributed by atoms with van der Waals surface area (Å²) in [7, 11) is 0. The first kappa shape index (κ1) is 27.2. The van der Waals surface area contributed by atoms with Crippen LogP contribution in [0.5, 0.6) is 0 Å². The molecule has 0 nitrogen and oxygen atoms in total. The molecule has 0 aromatic heterocycles. The summed E-state index contributed by atoms with van der Waals surface area (Å²) in [6.45, 7) is 5.25. The Morgan fingerprint density at radius 3 is 2.21 bits per heavy atom. The number of benzene rings is 3. The third-order valence-electron chi connectivity index (χ3n) is 5.13. The zero-order valence-electron chi connectivity index (χ0n) is 16.5. The molecule has 0 fully saturated rings. The molecular formula is C24H25Cl2SiZr-3. The van der Waals surface area contributed by atoms with Crippen LogP contribution in [0.4, 0.5) is 0 Å². The molecule has 1 atom stereocenters. The fourth-order valence-electron chi connectivity index (χ4n) is 4.23. The van der Waals surface area contributed by atoms with E-state index in [4.69, 9.17) is 0 Å². The van der Waals surface area contributed by atoms with Gasteiger partial charge in [0.1, 0.15) is 0 Å². The Bertz CT molecular complexity index is 1050. The van der Waals surface area contributed by atoms with Crippen LogP contribution in [-0.2, 0) is 29.8 Å². The maximum atomic E-state index is 3.06. The standard InChI is InChI=1S/C22H17.2CH3.2ClH.Si.Zr/c1-14-11-16-7-4-9-18(20(16)12-14)21-13-17-8-2-5-15-6-3-10-19(21)22(15)17;;;;;;/h2-12,21H,13H2,1H3;2*1H3;2*1H;;/q3*-1;;;;. The number of rotatable bonds is 1. The number of hydrogen-bond acceptors (Lipinski definition) is 0. The molecule has 0 saturated carbocycles. The second-order valence-corrected chi connectivity index (χ2v) is 6.50. The minimum atomic E-state index is 0. The third-order valence-corrected chi connectivity index (χ3v) is 5.13. The van der Waals surface area contributed by atoms with E-state index >= 15 is 0 Å². The van der Waals surface area contributed by atoms with Crippen molar-refractivity contribution < 1.29 is 23.3 Å². The van der Waals surface area contributed by atoms with Gasteiger partial charge in [-0.05, 0) is 28.3 Å². The molecule has 0 heterocycles. The molecule has 146 valence electrons. The summed E-state index contributed by atoms with van der Waals surface area (Å²) >= 11 is 1.36. The quantitative estimate of drug-likeness (QED) is 0.193. The number of aryl methyl sites for hydroxylation is 1. The first-order valence-corrected chi connectivity index (χ1v) is 12.4. The molecule has 0 amide bonds. The van der Waals surface area contributed by atoms with Gasteiger partial charge >= 0.3 is 30.2 Å². The van der Waals surface area contributed by atoms with Gasteiger partial charge in [0.2, 0.25) is 0 Å². The van der Waals surface area contributed by atoms with Crippen molar-refractivity contribution in [3.8, 4) is 0 Å². The van der Waals surface area contributed by atoms with Gasteiger partial charge in [0.15, 0.2) is 0 Å². The average molecular weight is 504 g/mol. The first-order chi connectivity index (χ1) is 11.8. The van der Waals surface area contributed by atoms with Gasteiger partial charge in [0.25, 0.3) is 0 Å². The number of fused-ring (bicyclic) bond motifs is 1. The van der Waals surface area contributed by atoms with Gasteiger partial charge in [-0.3, -0.25) is 0 Å². The maximum absolute atomic E-state index is 3.06. The van der Waals surface area contributed by atoms with Crippen molar-refractivity contribution in [1.82, 2.24) is 0 Å². The van der Waals surface area contributed by atoms with E-state index < -0.39 is 0 Å². The average Bonchev–Trinajstić information content (AvgIpc) is 3.18. The van der Waals surface area contributed by atoms with Crippen molar-refractivity contribution in [2.45, 2.75) is 19.3 Å². The van der Waals surface area contributed by atoms with Gasteiger partial charge in [-0.2, -0.15) is 6.07 Å². The van der Waals surface area contributed by atoms with Crippen LogP contribution in [0.15, 0.2) is 66.7 Å². The molecule has 1 aliphatic rings. The van der Waals surface area contributed by atoms with Crippen LogP contribution in [0, 0.1) is 21.8 Å². The monoisotopic (exact) mass is 501 g/mol. The summed E-state index contributed by atoms with van der Waals surface area (Å²) in [5, 5.41) is 5.66. The molecule has 1 unspecified atom stereocenters. The normalized spacial score (nSPS) is 13.2. The van der Waals surface area contributed by atoms with Crippen LogP contribution in [0.2, 0.25) is 0 Å². The first-order valence-electron chi connectivity index (χ1n) is 8.23. The van der Waals surface area contributed by atoms with Crippen LogP contribution < -0.4 is 0 Å². The third kappa shape index (κ3) is 4.51. The van der Waals surface area contributed by atoms with Crippen LogP contribution in [-0.4, -0.2) is 6.88 Å². The Balaban J connectivity index is 0.00000118. The van der Waals surface area contributed by atoms with Gasteiger partial charge in [-0.1, -0.05) is 55.0 Å². The summed E-state index contributed by atoms with van der Waals surface area (Å²) in [5.41, 5.74) is 5.84. The van der Waals surface area contributed by atoms with Gasteiger partial charge in [-0.15, -0.1) is 59.3 Å². The fraction of sp³-hybridized carbons (Fsp3) is 0.125. The molecule has 0 bridgehead atoms. The van der Waals surface area contributed by atoms with Crippen LogP contribution in [0.1, 0.15) is 28.2 Å². The van der Waals surface area contributed by atoms with Crippen LogP contribution >= 0.6 is 24.8 Å². The molecule has 0 N–H and O–H groups in total. The molecular weight excluding hydrogens is 478 g/mol. The molecule has 0 spiro atoms. The van der Waals surface area contributed by atoms with E-state index in [2.05, 4.69) is 80.5 Å². The van der Waals surface area contributed by atoms with Gasteiger partial charge < -0.3 is 14.9 Å². The molecule has 0 aliphatic heterocycles. The number of hydrogen-bond donors (Lipinski definition) is 0. The predicted octanol–water partition coefficient (Wildman–Crippen LogP) is 7.07. The molecule has 4 aromatic rings. The summed E-state index contributed by atoms with van der Waals surface area (Å²) in [6.07, 6.45) is 1.13. The molecule has 5 rings (SSSR count). The van der Waals surface area contributed by atoms with E-state index in [0.29, 0.717) is 5.92 Å². The Hall–Kier alpha value is -0.790. The second kappa shape index (κ2) is 11.4. The summed E-state index contributed by atoms with van der Waals surface area (Å²) in [4.78, 5) is 0. The topological polar surface area (TPSA) is 0 Å². The SMILES string of the molecule is Cc1cc2c(C3Cc4cccc5cccc3c45)cccc2[cH-]1.Cl.Cl.[CH3-].[CH3-].[Si]=[Zr]. The van der Waals surface area contributed by atoms with Crippen molar-refractivity contribution in [1.29, 1.82) is 0 Å². The zero-order valence-corrected chi connectivity index (χ0v) is 21.5. The fourth-order valence-corrected chi connectivity index (χ4v) is 4.23. The van der Waals surface area contributed by atoms with Crippen molar-refractivity contribution >= 4 is 53.2 Å². The molecule has 1 aliphatic carbocycles. The molecule has 4 aromatic carbocycles. The van der Waals surface area contributed by atoms with Gasteiger partial charge in [-0.25, -0.2) is 0 Å². The van der Waals surface area contributed by atoms with Crippen LogP contribution in [0.25, 0.3) is 21.5 Å². The Labute approximate surface area is 198 Å². The zero-order chi connectivity index (χ0) is 16.7. The van der Waals surface area contributed by atoms with E-state index in [1.807, 2.05) is 0 Å². The van der Waals surface area contributed by atoms with Crippen molar-refractivity contribution in [2.75, 3.05) is 0 Å². The minimum absolute atomic E-state index is 0. The van der Waals surface area contributed by atoms with Crippen molar-refractivity contribution in [2.24, 2.45) is 0 Å². The van der Waals surface area contributed by atoms with Crippen molar-refractivity contribution in [3.63, 3.8) is 0 Å². The molecule has 4 heteroatoms. The predicted molar refractivity (Wildman–Crippen MR) is 127 cm³/mol. The number of halogens is 2. The Morgan fingerprint density at radius 2 is 1.50 bits per heavy atom. The summed E-state index contributed by atoms with van der Waals surface area (Å²) in [5.74, 6) is 0.492. The molecule has 0 saturated heterocycles. The summed E-state index contributed by atoms with van der Waals surface area (Å²) in [6, 6.07) is 24.9. The van der Waals surface area contributed by atoms with E-state index in [1.54, 1.807) is 0 Å². The molecule has 28 heavy (non-hydrogen) atoms. The van der Waals surface area contributed by atoms with Gasteiger partial charge in [0, 0.05) is 5.92 Å². The van der Waals surface area contributed by atoms with Crippen molar-refractivity contribution in [3.05, 3.63) is 104 Å². The van der Waals surface area contributed by atoms with E-state index in [9.17, 15) is 0 Å². The van der Waals surface area contributed by atoms with E-state index in [-0.39, 0.29) is 39.7 Å². The van der Waals surface area contributed by atoms with E-state index in [1.165, 1.54) is 67.1 Å².